The van der Waals surface area contributed by atoms with Crippen LogP contribution in [-0.2, 0) is 0 Å². The van der Waals surface area contributed by atoms with E-state index in [1.807, 2.05) is 30.3 Å². The van der Waals surface area contributed by atoms with E-state index in [0.29, 0.717) is 11.6 Å². The van der Waals surface area contributed by atoms with E-state index in [9.17, 15) is 0 Å². The Morgan fingerprint density at radius 2 is 2.00 bits per heavy atom. The highest BCUT2D eigenvalue weighted by atomic mass is 32.1. The Kier molecular flexibility index (Phi) is 2.19. The summed E-state index contributed by atoms with van der Waals surface area (Å²) < 4.78 is 3.78. The molecule has 0 spiro atoms. The maximum absolute atomic E-state index is 4.39. The summed E-state index contributed by atoms with van der Waals surface area (Å²) in [5, 5.41) is 10.8. The maximum Gasteiger partial charge on any atom is 0.181 e. The van der Waals surface area contributed by atoms with Gasteiger partial charge in [0, 0.05) is 5.56 Å². The molecule has 78 valence electrons. The van der Waals surface area contributed by atoms with Crippen LogP contribution in [-0.4, -0.2) is 24.8 Å². The molecule has 0 unspecified atom stereocenters. The van der Waals surface area contributed by atoms with Crippen molar-refractivity contribution in [3.8, 4) is 22.1 Å². The lowest BCUT2D eigenvalue weighted by molar-refractivity contribution is 1.10. The zero-order chi connectivity index (χ0) is 10.8. The summed E-state index contributed by atoms with van der Waals surface area (Å²) in [6.45, 7) is 0. The molecule has 1 N–H and O–H groups in total. The number of hydrogen-bond donors (Lipinski definition) is 1. The molecule has 0 amide bonds. The molecule has 1 aromatic carbocycles. The van der Waals surface area contributed by atoms with Gasteiger partial charge in [-0.25, -0.2) is 4.98 Å². The van der Waals surface area contributed by atoms with Crippen LogP contribution in [0.15, 0.2) is 36.5 Å². The Hall–Kier alpha value is -2.08. The molecule has 6 heteroatoms. The van der Waals surface area contributed by atoms with Crippen molar-refractivity contribution in [3.63, 3.8) is 0 Å². The zero-order valence-electron chi connectivity index (χ0n) is 8.16. The Morgan fingerprint density at radius 3 is 2.75 bits per heavy atom. The number of aromatic amines is 1. The quantitative estimate of drug-likeness (QED) is 0.729. The largest absolute Gasteiger partial charge is 0.258 e. The van der Waals surface area contributed by atoms with Gasteiger partial charge in [-0.3, -0.25) is 5.10 Å². The average Bonchev–Trinajstić information content (AvgIpc) is 3.01. The van der Waals surface area contributed by atoms with Gasteiger partial charge in [0.25, 0.3) is 0 Å². The van der Waals surface area contributed by atoms with E-state index in [-0.39, 0.29) is 0 Å². The lowest BCUT2D eigenvalue weighted by atomic mass is 10.2. The summed E-state index contributed by atoms with van der Waals surface area (Å²) in [5.41, 5.74) is 0.988. The number of rotatable bonds is 2. The number of nitrogens with zero attached hydrogens (tertiary/aromatic N) is 4. The molecule has 0 aliphatic heterocycles. The molecule has 0 radical (unpaired) electrons. The van der Waals surface area contributed by atoms with Crippen molar-refractivity contribution >= 4 is 11.5 Å². The van der Waals surface area contributed by atoms with E-state index in [4.69, 9.17) is 0 Å². The molecule has 16 heavy (non-hydrogen) atoms. The SMILES string of the molecule is c1ccc(-c2n[nH]c(-c3cnns3)n2)cc1. The fourth-order valence-corrected chi connectivity index (χ4v) is 1.81. The number of nitrogens with one attached hydrogen (secondary N) is 1. The van der Waals surface area contributed by atoms with Gasteiger partial charge in [0.15, 0.2) is 11.6 Å². The number of aromatic nitrogens is 5. The lowest BCUT2D eigenvalue weighted by Crippen LogP contribution is -1.78. The molecule has 0 saturated carbocycles. The van der Waals surface area contributed by atoms with Crippen molar-refractivity contribution in [2.75, 3.05) is 0 Å². The summed E-state index contributed by atoms with van der Waals surface area (Å²) >= 11 is 1.29. The van der Waals surface area contributed by atoms with E-state index in [0.717, 1.165) is 10.4 Å². The fraction of sp³-hybridized carbons (Fsp3) is 0. The van der Waals surface area contributed by atoms with Crippen molar-refractivity contribution in [2.45, 2.75) is 0 Å². The van der Waals surface area contributed by atoms with E-state index in [1.54, 1.807) is 6.20 Å². The van der Waals surface area contributed by atoms with Gasteiger partial charge < -0.3 is 0 Å². The second-order valence-corrected chi connectivity index (χ2v) is 3.94. The molecule has 0 aliphatic rings. The van der Waals surface area contributed by atoms with Crippen LogP contribution in [0.3, 0.4) is 0 Å². The summed E-state index contributed by atoms with van der Waals surface area (Å²) in [4.78, 5) is 5.27. The molecule has 0 fully saturated rings. The van der Waals surface area contributed by atoms with E-state index in [1.165, 1.54) is 11.5 Å². The third kappa shape index (κ3) is 1.59. The number of benzene rings is 1. The summed E-state index contributed by atoms with van der Waals surface area (Å²) in [6.07, 6.45) is 1.67. The molecule has 5 nitrogen and oxygen atoms in total. The number of H-pyrrole nitrogens is 1. The van der Waals surface area contributed by atoms with Gasteiger partial charge in [-0.05, 0) is 11.5 Å². The Balaban J connectivity index is 2.00. The standard InChI is InChI=1S/C10H7N5S/c1-2-4-7(5-3-1)9-12-10(14-13-9)8-6-11-15-16-8/h1-6H,(H,12,13,14). The van der Waals surface area contributed by atoms with Crippen LogP contribution in [0.5, 0.6) is 0 Å². The molecule has 2 heterocycles. The normalized spacial score (nSPS) is 10.5. The highest BCUT2D eigenvalue weighted by Crippen LogP contribution is 2.20. The molecule has 0 saturated heterocycles. The van der Waals surface area contributed by atoms with Crippen LogP contribution in [0.1, 0.15) is 0 Å². The Bertz CT molecular complexity index is 572. The van der Waals surface area contributed by atoms with Gasteiger partial charge in [0.1, 0.15) is 4.88 Å². The minimum absolute atomic E-state index is 0.684. The van der Waals surface area contributed by atoms with Crippen LogP contribution in [0, 0.1) is 0 Å². The van der Waals surface area contributed by atoms with Gasteiger partial charge in [-0.1, -0.05) is 34.8 Å². The molecule has 0 bridgehead atoms. The first-order valence-electron chi connectivity index (χ1n) is 4.69. The van der Waals surface area contributed by atoms with Crippen LogP contribution in [0.2, 0.25) is 0 Å². The van der Waals surface area contributed by atoms with Crippen LogP contribution in [0.25, 0.3) is 22.1 Å². The second kappa shape index (κ2) is 3.82. The van der Waals surface area contributed by atoms with Gasteiger partial charge in [-0.15, -0.1) is 5.10 Å². The average molecular weight is 229 g/mol. The summed E-state index contributed by atoms with van der Waals surface area (Å²) in [7, 11) is 0. The topological polar surface area (TPSA) is 67.3 Å². The van der Waals surface area contributed by atoms with Crippen molar-refractivity contribution in [3.05, 3.63) is 36.5 Å². The van der Waals surface area contributed by atoms with E-state index < -0.39 is 0 Å². The molecule has 2 aromatic heterocycles. The highest BCUT2D eigenvalue weighted by Gasteiger charge is 2.08. The second-order valence-electron chi connectivity index (χ2n) is 3.16. The number of hydrogen-bond acceptors (Lipinski definition) is 5. The lowest BCUT2D eigenvalue weighted by Gasteiger charge is -1.91. The molecule has 0 aliphatic carbocycles. The first-order chi connectivity index (χ1) is 7.93. The van der Waals surface area contributed by atoms with Crippen LogP contribution < -0.4 is 0 Å². The third-order valence-corrected chi connectivity index (χ3v) is 2.78. The maximum atomic E-state index is 4.39. The first-order valence-corrected chi connectivity index (χ1v) is 5.46. The van der Waals surface area contributed by atoms with Gasteiger partial charge in [-0.2, -0.15) is 5.10 Å². The molecule has 3 aromatic rings. The monoisotopic (exact) mass is 229 g/mol. The van der Waals surface area contributed by atoms with Crippen molar-refractivity contribution in [1.29, 1.82) is 0 Å². The minimum atomic E-state index is 0.684. The minimum Gasteiger partial charge on any atom is -0.258 e. The predicted octanol–water partition coefficient (Wildman–Crippen LogP) is 1.99. The van der Waals surface area contributed by atoms with E-state index in [2.05, 4.69) is 24.8 Å². The third-order valence-electron chi connectivity index (χ3n) is 2.11. The molecule has 0 atom stereocenters. The van der Waals surface area contributed by atoms with Crippen LogP contribution >= 0.6 is 11.5 Å². The molecule has 3 rings (SSSR count). The molecular formula is C10H7N5S. The van der Waals surface area contributed by atoms with Gasteiger partial charge in [0.05, 0.1) is 6.20 Å². The smallest absolute Gasteiger partial charge is 0.181 e. The predicted molar refractivity (Wildman–Crippen MR) is 60.7 cm³/mol. The zero-order valence-corrected chi connectivity index (χ0v) is 8.98. The first kappa shape index (κ1) is 9.17. The van der Waals surface area contributed by atoms with Gasteiger partial charge >= 0.3 is 0 Å². The fourth-order valence-electron chi connectivity index (χ4n) is 1.36. The summed E-state index contributed by atoms with van der Waals surface area (Å²) in [5.74, 6) is 1.39. The Labute approximate surface area is 95.4 Å². The summed E-state index contributed by atoms with van der Waals surface area (Å²) in [6, 6.07) is 9.82. The van der Waals surface area contributed by atoms with E-state index >= 15 is 0 Å². The van der Waals surface area contributed by atoms with Crippen molar-refractivity contribution < 1.29 is 0 Å². The van der Waals surface area contributed by atoms with Gasteiger partial charge in [0.2, 0.25) is 0 Å². The van der Waals surface area contributed by atoms with Crippen LogP contribution in [0.4, 0.5) is 0 Å². The van der Waals surface area contributed by atoms with Crippen molar-refractivity contribution in [1.82, 2.24) is 24.8 Å². The molecular weight excluding hydrogens is 222 g/mol. The Morgan fingerprint density at radius 1 is 1.12 bits per heavy atom. The van der Waals surface area contributed by atoms with Crippen molar-refractivity contribution in [2.24, 2.45) is 0 Å². The highest BCUT2D eigenvalue weighted by molar-refractivity contribution is 7.09.